The quantitative estimate of drug-likeness (QED) is 0.672. The molecule has 1 fully saturated rings. The first-order valence-corrected chi connectivity index (χ1v) is 9.94. The minimum absolute atomic E-state index is 0.273. The number of fused-ring (bicyclic) bond motifs is 1. The van der Waals surface area contributed by atoms with Gasteiger partial charge in [0, 0.05) is 42.4 Å². The number of aromatic nitrogens is 2. The number of aryl methyl sites for hydroxylation is 2. The molecule has 136 valence electrons. The Balaban J connectivity index is 1.59. The highest BCUT2D eigenvalue weighted by molar-refractivity contribution is 7.18. The third kappa shape index (κ3) is 3.37. The van der Waals surface area contributed by atoms with Crippen LogP contribution >= 0.6 is 22.9 Å². The maximum absolute atomic E-state index is 6.12. The number of nitrogens with one attached hydrogen (secondary N) is 1. The van der Waals surface area contributed by atoms with Gasteiger partial charge in [-0.3, -0.25) is 0 Å². The lowest BCUT2D eigenvalue weighted by molar-refractivity contribution is 0.313. The molecule has 1 aliphatic heterocycles. The Bertz CT molecular complexity index is 929. The van der Waals surface area contributed by atoms with Crippen molar-refractivity contribution in [2.45, 2.75) is 13.8 Å². The fraction of sp³-hybridized carbons (Fsp3) is 0.368. The number of hydrogen-bond acceptors (Lipinski definition) is 6. The molecular formula is C19H22ClN5S. The van der Waals surface area contributed by atoms with E-state index in [1.165, 1.54) is 16.1 Å². The molecular weight excluding hydrogens is 366 g/mol. The topological polar surface area (TPSA) is 44.3 Å². The first-order valence-electron chi connectivity index (χ1n) is 8.75. The summed E-state index contributed by atoms with van der Waals surface area (Å²) < 4.78 is 0. The summed E-state index contributed by atoms with van der Waals surface area (Å²) in [5.41, 5.74) is 3.47. The van der Waals surface area contributed by atoms with E-state index >= 15 is 0 Å². The molecule has 0 amide bonds. The van der Waals surface area contributed by atoms with Gasteiger partial charge in [0.25, 0.3) is 0 Å². The molecule has 3 aromatic rings. The van der Waals surface area contributed by atoms with Crippen LogP contribution in [-0.4, -0.2) is 48.1 Å². The largest absolute Gasteiger partial charge is 0.369 e. The van der Waals surface area contributed by atoms with E-state index in [2.05, 4.69) is 70.2 Å². The van der Waals surface area contributed by atoms with Crippen LogP contribution in [-0.2, 0) is 0 Å². The van der Waals surface area contributed by atoms with E-state index in [0.29, 0.717) is 0 Å². The third-order valence-electron chi connectivity index (χ3n) is 5.00. The highest BCUT2D eigenvalue weighted by Gasteiger charge is 2.16. The molecule has 0 unspecified atom stereocenters. The van der Waals surface area contributed by atoms with Gasteiger partial charge in [0.15, 0.2) is 0 Å². The van der Waals surface area contributed by atoms with Crippen LogP contribution in [0.1, 0.15) is 10.4 Å². The molecule has 0 bridgehead atoms. The van der Waals surface area contributed by atoms with Gasteiger partial charge in [0.2, 0.25) is 5.28 Å². The number of rotatable bonds is 3. The number of piperazine rings is 1. The van der Waals surface area contributed by atoms with Crippen LogP contribution in [0.2, 0.25) is 5.28 Å². The third-order valence-corrected chi connectivity index (χ3v) is 6.27. The van der Waals surface area contributed by atoms with E-state index < -0.39 is 0 Å². The summed E-state index contributed by atoms with van der Waals surface area (Å²) in [6.45, 7) is 8.55. The van der Waals surface area contributed by atoms with E-state index in [4.69, 9.17) is 11.6 Å². The number of likely N-dealkylation sites (N-methyl/N-ethyl adjacent to an activating group) is 1. The van der Waals surface area contributed by atoms with Gasteiger partial charge in [0.05, 0.1) is 5.39 Å². The molecule has 1 saturated heterocycles. The second kappa shape index (κ2) is 7.02. The number of anilines is 3. The van der Waals surface area contributed by atoms with E-state index in [-0.39, 0.29) is 5.28 Å². The van der Waals surface area contributed by atoms with Crippen LogP contribution in [0.3, 0.4) is 0 Å². The Morgan fingerprint density at radius 3 is 2.42 bits per heavy atom. The molecule has 0 aliphatic carbocycles. The molecule has 3 heterocycles. The first kappa shape index (κ1) is 17.5. The van der Waals surface area contributed by atoms with Gasteiger partial charge in [-0.1, -0.05) is 0 Å². The average molecular weight is 388 g/mol. The van der Waals surface area contributed by atoms with Crippen molar-refractivity contribution in [3.05, 3.63) is 40.0 Å². The normalized spacial score (nSPS) is 15.6. The minimum atomic E-state index is 0.273. The van der Waals surface area contributed by atoms with Crippen molar-refractivity contribution < 1.29 is 0 Å². The van der Waals surface area contributed by atoms with Crippen molar-refractivity contribution in [1.82, 2.24) is 14.9 Å². The summed E-state index contributed by atoms with van der Waals surface area (Å²) in [5, 5.41) is 4.75. The number of halogens is 1. The summed E-state index contributed by atoms with van der Waals surface area (Å²) in [6, 6.07) is 8.53. The maximum Gasteiger partial charge on any atom is 0.225 e. The molecule has 2 aromatic heterocycles. The molecule has 0 radical (unpaired) electrons. The Labute approximate surface area is 162 Å². The summed E-state index contributed by atoms with van der Waals surface area (Å²) in [4.78, 5) is 15.7. The predicted molar refractivity (Wildman–Crippen MR) is 111 cm³/mol. The SMILES string of the molecule is Cc1sc2nc(Cl)nc(Nc3ccc(N4CCN(C)CC4)cc3)c2c1C. The van der Waals surface area contributed by atoms with Crippen molar-refractivity contribution in [3.8, 4) is 0 Å². The second-order valence-electron chi connectivity index (χ2n) is 6.77. The highest BCUT2D eigenvalue weighted by Crippen LogP contribution is 2.35. The fourth-order valence-corrected chi connectivity index (χ4v) is 4.52. The van der Waals surface area contributed by atoms with Gasteiger partial charge in [-0.15, -0.1) is 11.3 Å². The lowest BCUT2D eigenvalue weighted by atomic mass is 10.2. The Morgan fingerprint density at radius 1 is 1.04 bits per heavy atom. The standard InChI is InChI=1S/C19H22ClN5S/c1-12-13(2)26-18-16(12)17(22-19(20)23-18)21-14-4-6-15(7-5-14)25-10-8-24(3)9-11-25/h4-7H,8-11H2,1-3H3,(H,21,22,23). The highest BCUT2D eigenvalue weighted by atomic mass is 35.5. The summed E-state index contributed by atoms with van der Waals surface area (Å²) >= 11 is 7.78. The minimum Gasteiger partial charge on any atom is -0.369 e. The molecule has 0 atom stereocenters. The molecule has 0 saturated carbocycles. The maximum atomic E-state index is 6.12. The molecule has 7 heteroatoms. The lowest BCUT2D eigenvalue weighted by Crippen LogP contribution is -2.44. The Morgan fingerprint density at radius 2 is 1.73 bits per heavy atom. The Kier molecular flexibility index (Phi) is 4.73. The lowest BCUT2D eigenvalue weighted by Gasteiger charge is -2.34. The van der Waals surface area contributed by atoms with Crippen LogP contribution in [0.15, 0.2) is 24.3 Å². The second-order valence-corrected chi connectivity index (χ2v) is 8.31. The summed E-state index contributed by atoms with van der Waals surface area (Å²) in [5.74, 6) is 0.772. The van der Waals surface area contributed by atoms with E-state index in [1.807, 2.05) is 0 Å². The van der Waals surface area contributed by atoms with Gasteiger partial charge in [0.1, 0.15) is 10.6 Å². The van der Waals surface area contributed by atoms with Crippen molar-refractivity contribution >= 4 is 50.3 Å². The van der Waals surface area contributed by atoms with E-state index in [9.17, 15) is 0 Å². The zero-order chi connectivity index (χ0) is 18.3. The zero-order valence-corrected chi connectivity index (χ0v) is 16.8. The number of hydrogen-bond donors (Lipinski definition) is 1. The number of thiophene rings is 1. The Hall–Kier alpha value is -1.89. The molecule has 4 rings (SSSR count). The molecule has 1 N–H and O–H groups in total. The van der Waals surface area contributed by atoms with Crippen molar-refractivity contribution in [3.63, 3.8) is 0 Å². The molecule has 1 aliphatic rings. The van der Waals surface area contributed by atoms with Crippen molar-refractivity contribution in [2.75, 3.05) is 43.4 Å². The number of nitrogens with zero attached hydrogens (tertiary/aromatic N) is 4. The molecule has 5 nitrogen and oxygen atoms in total. The van der Waals surface area contributed by atoms with Gasteiger partial charge >= 0.3 is 0 Å². The molecule has 26 heavy (non-hydrogen) atoms. The molecule has 1 aromatic carbocycles. The van der Waals surface area contributed by atoms with Crippen LogP contribution in [0, 0.1) is 13.8 Å². The van der Waals surface area contributed by atoms with Gasteiger partial charge < -0.3 is 15.1 Å². The van der Waals surface area contributed by atoms with Crippen LogP contribution < -0.4 is 10.2 Å². The average Bonchev–Trinajstić information content (AvgIpc) is 2.90. The predicted octanol–water partition coefficient (Wildman–Crippen LogP) is 4.46. The smallest absolute Gasteiger partial charge is 0.225 e. The monoisotopic (exact) mass is 387 g/mol. The van der Waals surface area contributed by atoms with Crippen LogP contribution in [0.25, 0.3) is 10.2 Å². The summed E-state index contributed by atoms with van der Waals surface area (Å²) in [7, 11) is 2.17. The van der Waals surface area contributed by atoms with Gasteiger partial charge in [-0.2, -0.15) is 4.98 Å². The first-order chi connectivity index (χ1) is 12.5. The summed E-state index contributed by atoms with van der Waals surface area (Å²) in [6.07, 6.45) is 0. The van der Waals surface area contributed by atoms with Crippen LogP contribution in [0.4, 0.5) is 17.2 Å². The van der Waals surface area contributed by atoms with E-state index in [0.717, 1.165) is 47.9 Å². The molecule has 0 spiro atoms. The van der Waals surface area contributed by atoms with Gasteiger partial charge in [-0.05, 0) is 62.3 Å². The fourth-order valence-electron chi connectivity index (χ4n) is 3.27. The van der Waals surface area contributed by atoms with Gasteiger partial charge in [-0.25, -0.2) is 4.98 Å². The van der Waals surface area contributed by atoms with Crippen molar-refractivity contribution in [1.29, 1.82) is 0 Å². The van der Waals surface area contributed by atoms with E-state index in [1.54, 1.807) is 11.3 Å². The van der Waals surface area contributed by atoms with Crippen LogP contribution in [0.5, 0.6) is 0 Å². The van der Waals surface area contributed by atoms with Crippen molar-refractivity contribution in [2.24, 2.45) is 0 Å². The number of benzene rings is 1. The zero-order valence-electron chi connectivity index (χ0n) is 15.2.